The molecule has 2 heterocycles. The molecule has 1 aliphatic carbocycles. The van der Waals surface area contributed by atoms with Gasteiger partial charge < -0.3 is 4.98 Å². The molecule has 1 saturated carbocycles. The van der Waals surface area contributed by atoms with Crippen LogP contribution in [0, 0.1) is 0 Å². The lowest BCUT2D eigenvalue weighted by atomic mass is 10.1. The molecule has 0 spiro atoms. The van der Waals surface area contributed by atoms with E-state index in [9.17, 15) is 8.78 Å². The lowest BCUT2D eigenvalue weighted by molar-refractivity contribution is 0.00755. The van der Waals surface area contributed by atoms with Crippen LogP contribution in [0.15, 0.2) is 30.7 Å². The molecule has 3 nitrogen and oxygen atoms in total. The van der Waals surface area contributed by atoms with Crippen LogP contribution in [-0.2, 0) is 6.42 Å². The third kappa shape index (κ3) is 2.80. The average Bonchev–Trinajstić information content (AvgIpc) is 2.97. The fourth-order valence-corrected chi connectivity index (χ4v) is 2.58. The first kappa shape index (κ1) is 12.3. The van der Waals surface area contributed by atoms with Crippen molar-refractivity contribution in [2.24, 2.45) is 0 Å². The fourth-order valence-electron chi connectivity index (χ4n) is 2.58. The number of hydrogen-bond donors (Lipinski definition) is 1. The monoisotopic (exact) mass is 263 g/mol. The molecule has 0 radical (unpaired) electrons. The second-order valence-electron chi connectivity index (χ2n) is 5.12. The molecule has 0 saturated heterocycles. The maximum absolute atomic E-state index is 13.2. The number of imidazole rings is 1. The molecule has 2 aromatic rings. The SMILES string of the molecule is FC1(F)CC[C@@H](c2ncc(Cc3ccncc3)[nH]2)C1. The Bertz CT molecular complexity index is 551. The Hall–Kier alpha value is -1.78. The lowest BCUT2D eigenvalue weighted by Crippen LogP contribution is -2.09. The maximum atomic E-state index is 13.2. The normalized spacial score (nSPS) is 21.7. The molecule has 19 heavy (non-hydrogen) atoms. The highest BCUT2D eigenvalue weighted by atomic mass is 19.3. The van der Waals surface area contributed by atoms with Gasteiger partial charge in [0.15, 0.2) is 0 Å². The number of alkyl halides is 2. The number of pyridine rings is 1. The van der Waals surface area contributed by atoms with Gasteiger partial charge in [0.2, 0.25) is 5.92 Å². The van der Waals surface area contributed by atoms with E-state index in [-0.39, 0.29) is 18.8 Å². The molecule has 1 atom stereocenters. The van der Waals surface area contributed by atoms with Crippen molar-refractivity contribution in [3.8, 4) is 0 Å². The molecule has 0 aromatic carbocycles. The number of H-pyrrole nitrogens is 1. The van der Waals surface area contributed by atoms with E-state index in [1.54, 1.807) is 18.6 Å². The molecule has 100 valence electrons. The molecule has 3 rings (SSSR count). The van der Waals surface area contributed by atoms with Crippen molar-refractivity contribution in [2.75, 3.05) is 0 Å². The van der Waals surface area contributed by atoms with E-state index in [4.69, 9.17) is 0 Å². The van der Waals surface area contributed by atoms with Gasteiger partial charge in [-0.25, -0.2) is 13.8 Å². The third-order valence-electron chi connectivity index (χ3n) is 3.58. The zero-order valence-corrected chi connectivity index (χ0v) is 10.4. The number of hydrogen-bond acceptors (Lipinski definition) is 2. The highest BCUT2D eigenvalue weighted by Gasteiger charge is 2.41. The topological polar surface area (TPSA) is 41.6 Å². The summed E-state index contributed by atoms with van der Waals surface area (Å²) in [6.45, 7) is 0. The van der Waals surface area contributed by atoms with E-state index < -0.39 is 5.92 Å². The highest BCUT2D eigenvalue weighted by Crippen LogP contribution is 2.43. The molecule has 0 bridgehead atoms. The first-order valence-corrected chi connectivity index (χ1v) is 6.43. The van der Waals surface area contributed by atoms with E-state index in [0.29, 0.717) is 12.2 Å². The van der Waals surface area contributed by atoms with Crippen molar-refractivity contribution in [1.82, 2.24) is 15.0 Å². The maximum Gasteiger partial charge on any atom is 0.248 e. The summed E-state index contributed by atoms with van der Waals surface area (Å²) in [7, 11) is 0. The van der Waals surface area contributed by atoms with Gasteiger partial charge in [-0.3, -0.25) is 4.98 Å². The molecule has 2 aromatic heterocycles. The van der Waals surface area contributed by atoms with Crippen LogP contribution in [0.1, 0.15) is 42.3 Å². The van der Waals surface area contributed by atoms with Crippen LogP contribution in [0.4, 0.5) is 8.78 Å². The van der Waals surface area contributed by atoms with Crippen LogP contribution < -0.4 is 0 Å². The summed E-state index contributed by atoms with van der Waals surface area (Å²) in [6, 6.07) is 3.87. The van der Waals surface area contributed by atoms with E-state index in [1.807, 2.05) is 12.1 Å². The number of aromatic amines is 1. The predicted octanol–water partition coefficient (Wildman–Crippen LogP) is 3.30. The Morgan fingerprint density at radius 2 is 2.11 bits per heavy atom. The van der Waals surface area contributed by atoms with E-state index in [2.05, 4.69) is 15.0 Å². The van der Waals surface area contributed by atoms with Gasteiger partial charge in [-0.15, -0.1) is 0 Å². The van der Waals surface area contributed by atoms with Crippen molar-refractivity contribution in [3.05, 3.63) is 47.8 Å². The average molecular weight is 263 g/mol. The predicted molar refractivity (Wildman–Crippen MR) is 67.2 cm³/mol. The van der Waals surface area contributed by atoms with Crippen LogP contribution in [0.5, 0.6) is 0 Å². The minimum atomic E-state index is -2.53. The zero-order chi connectivity index (χ0) is 13.3. The quantitative estimate of drug-likeness (QED) is 0.923. The van der Waals surface area contributed by atoms with Crippen LogP contribution in [0.25, 0.3) is 0 Å². The van der Waals surface area contributed by atoms with Crippen molar-refractivity contribution in [3.63, 3.8) is 0 Å². The molecule has 0 amide bonds. The van der Waals surface area contributed by atoms with Gasteiger partial charge in [0, 0.05) is 49.5 Å². The van der Waals surface area contributed by atoms with Gasteiger partial charge in [-0.05, 0) is 24.1 Å². The van der Waals surface area contributed by atoms with Gasteiger partial charge in [0.1, 0.15) is 5.82 Å². The van der Waals surface area contributed by atoms with Crippen molar-refractivity contribution < 1.29 is 8.78 Å². The van der Waals surface area contributed by atoms with Crippen LogP contribution >= 0.6 is 0 Å². The Morgan fingerprint density at radius 3 is 2.79 bits per heavy atom. The highest BCUT2D eigenvalue weighted by molar-refractivity contribution is 5.19. The van der Waals surface area contributed by atoms with E-state index in [1.165, 1.54) is 0 Å². The van der Waals surface area contributed by atoms with Crippen LogP contribution in [0.3, 0.4) is 0 Å². The summed E-state index contributed by atoms with van der Waals surface area (Å²) in [4.78, 5) is 11.4. The minimum absolute atomic E-state index is 0.0297. The first-order valence-electron chi connectivity index (χ1n) is 6.43. The van der Waals surface area contributed by atoms with Gasteiger partial charge in [-0.1, -0.05) is 0 Å². The minimum Gasteiger partial charge on any atom is -0.345 e. The van der Waals surface area contributed by atoms with Crippen LogP contribution in [-0.4, -0.2) is 20.9 Å². The summed E-state index contributed by atoms with van der Waals surface area (Å²) >= 11 is 0. The number of aromatic nitrogens is 3. The van der Waals surface area contributed by atoms with Crippen molar-refractivity contribution >= 4 is 0 Å². The Kier molecular flexibility index (Phi) is 3.05. The Morgan fingerprint density at radius 1 is 1.32 bits per heavy atom. The van der Waals surface area contributed by atoms with Crippen molar-refractivity contribution in [2.45, 2.75) is 37.5 Å². The number of nitrogens with zero attached hydrogens (tertiary/aromatic N) is 2. The second-order valence-corrected chi connectivity index (χ2v) is 5.12. The largest absolute Gasteiger partial charge is 0.345 e. The van der Waals surface area contributed by atoms with Crippen molar-refractivity contribution in [1.29, 1.82) is 0 Å². The smallest absolute Gasteiger partial charge is 0.248 e. The molecule has 0 aliphatic heterocycles. The number of rotatable bonds is 3. The lowest BCUT2D eigenvalue weighted by Gasteiger charge is -2.07. The number of halogens is 2. The molecular weight excluding hydrogens is 248 g/mol. The molecule has 1 N–H and O–H groups in total. The standard InChI is InChI=1S/C14H15F2N3/c15-14(16)4-1-11(8-14)13-18-9-12(19-13)7-10-2-5-17-6-3-10/h2-3,5-6,9,11H,1,4,7-8H2,(H,18,19)/t11-/m1/s1. The molecule has 0 unspecified atom stereocenters. The van der Waals surface area contributed by atoms with Gasteiger partial charge in [0.05, 0.1) is 0 Å². The third-order valence-corrected chi connectivity index (χ3v) is 3.58. The van der Waals surface area contributed by atoms with Gasteiger partial charge >= 0.3 is 0 Å². The summed E-state index contributed by atoms with van der Waals surface area (Å²) < 4.78 is 26.4. The van der Waals surface area contributed by atoms with Crippen LogP contribution in [0.2, 0.25) is 0 Å². The van der Waals surface area contributed by atoms with E-state index in [0.717, 1.165) is 17.7 Å². The summed E-state index contributed by atoms with van der Waals surface area (Å²) in [5.41, 5.74) is 2.08. The summed E-state index contributed by atoms with van der Waals surface area (Å²) in [5.74, 6) is -1.97. The summed E-state index contributed by atoms with van der Waals surface area (Å²) in [6.07, 6.45) is 6.33. The zero-order valence-electron chi connectivity index (χ0n) is 10.4. The first-order chi connectivity index (χ1) is 9.12. The molecule has 1 aliphatic rings. The Labute approximate surface area is 110 Å². The second kappa shape index (κ2) is 4.72. The summed E-state index contributed by atoms with van der Waals surface area (Å²) in [5, 5.41) is 0. The van der Waals surface area contributed by atoms with E-state index >= 15 is 0 Å². The molecule has 1 fully saturated rings. The van der Waals surface area contributed by atoms with Gasteiger partial charge in [-0.2, -0.15) is 0 Å². The van der Waals surface area contributed by atoms with Gasteiger partial charge in [0.25, 0.3) is 0 Å². The molecule has 5 heteroatoms. The Balaban J connectivity index is 1.70. The fraction of sp³-hybridized carbons (Fsp3) is 0.429. The molecular formula is C14H15F2N3. The number of nitrogens with one attached hydrogen (secondary N) is 1.